The molecule has 21 heavy (non-hydrogen) atoms. The third-order valence-electron chi connectivity index (χ3n) is 3.44. The average Bonchev–Trinajstić information content (AvgIpc) is 3.13. The first-order valence-electron chi connectivity index (χ1n) is 6.52. The van der Waals surface area contributed by atoms with E-state index < -0.39 is 11.0 Å². The SMILES string of the molecule is Cc1ccc(S(=O)n2ccc3c2ncc2nccn23)cc1. The number of hydrogen-bond acceptors (Lipinski definition) is 3. The average molecular weight is 296 g/mol. The van der Waals surface area contributed by atoms with Gasteiger partial charge in [0.25, 0.3) is 0 Å². The van der Waals surface area contributed by atoms with Gasteiger partial charge in [-0.05, 0) is 25.1 Å². The topological polar surface area (TPSA) is 52.2 Å². The van der Waals surface area contributed by atoms with Gasteiger partial charge in [0, 0.05) is 18.6 Å². The van der Waals surface area contributed by atoms with Crippen LogP contribution < -0.4 is 0 Å². The summed E-state index contributed by atoms with van der Waals surface area (Å²) in [6.45, 7) is 2.01. The molecule has 3 heterocycles. The molecule has 0 saturated heterocycles. The van der Waals surface area contributed by atoms with Crippen LogP contribution in [0.15, 0.2) is 60.0 Å². The molecular formula is C15H12N4OS. The lowest BCUT2D eigenvalue weighted by atomic mass is 10.2. The van der Waals surface area contributed by atoms with Crippen molar-refractivity contribution in [1.29, 1.82) is 0 Å². The second kappa shape index (κ2) is 4.53. The minimum atomic E-state index is -1.31. The Hall–Kier alpha value is -2.47. The van der Waals surface area contributed by atoms with Gasteiger partial charge in [0.15, 0.2) is 22.3 Å². The zero-order valence-corrected chi connectivity index (χ0v) is 12.1. The van der Waals surface area contributed by atoms with Gasteiger partial charge in [0.2, 0.25) is 0 Å². The highest BCUT2D eigenvalue weighted by Gasteiger charge is 2.12. The van der Waals surface area contributed by atoms with E-state index in [0.29, 0.717) is 5.65 Å². The van der Waals surface area contributed by atoms with Crippen LogP contribution in [0.1, 0.15) is 5.56 Å². The first-order valence-corrected chi connectivity index (χ1v) is 7.63. The first-order chi connectivity index (χ1) is 10.2. The Morgan fingerprint density at radius 3 is 2.67 bits per heavy atom. The molecule has 4 aromatic rings. The van der Waals surface area contributed by atoms with Crippen molar-refractivity contribution in [2.45, 2.75) is 11.8 Å². The largest absolute Gasteiger partial charge is 0.295 e. The molecule has 0 aliphatic carbocycles. The van der Waals surface area contributed by atoms with Gasteiger partial charge in [-0.2, -0.15) is 0 Å². The minimum absolute atomic E-state index is 0.680. The van der Waals surface area contributed by atoms with Crippen LogP contribution in [0, 0.1) is 6.92 Å². The maximum Gasteiger partial charge on any atom is 0.169 e. The van der Waals surface area contributed by atoms with Gasteiger partial charge in [0.1, 0.15) is 0 Å². The summed E-state index contributed by atoms with van der Waals surface area (Å²) in [5, 5.41) is 0. The third kappa shape index (κ3) is 1.87. The Balaban J connectivity index is 1.90. The van der Waals surface area contributed by atoms with E-state index in [-0.39, 0.29) is 0 Å². The Bertz CT molecular complexity index is 968. The monoisotopic (exact) mass is 296 g/mol. The Labute approximate surface area is 123 Å². The summed E-state index contributed by atoms with van der Waals surface area (Å²) in [5.41, 5.74) is 3.50. The lowest BCUT2D eigenvalue weighted by molar-refractivity contribution is 0.678. The molecule has 0 saturated carbocycles. The molecule has 0 aliphatic heterocycles. The number of hydrogen-bond donors (Lipinski definition) is 0. The van der Waals surface area contributed by atoms with Crippen LogP contribution in [0.3, 0.4) is 0 Å². The van der Waals surface area contributed by atoms with E-state index in [4.69, 9.17) is 0 Å². The molecule has 4 rings (SSSR count). The van der Waals surface area contributed by atoms with Gasteiger partial charge >= 0.3 is 0 Å². The summed E-state index contributed by atoms with van der Waals surface area (Å²) < 4.78 is 16.3. The number of rotatable bonds is 2. The van der Waals surface area contributed by atoms with Crippen molar-refractivity contribution in [2.24, 2.45) is 0 Å². The van der Waals surface area contributed by atoms with E-state index in [1.165, 1.54) is 0 Å². The lowest BCUT2D eigenvalue weighted by Crippen LogP contribution is -2.05. The van der Waals surface area contributed by atoms with Crippen molar-refractivity contribution >= 4 is 27.8 Å². The van der Waals surface area contributed by atoms with Crippen molar-refractivity contribution < 1.29 is 4.21 Å². The fraction of sp³-hybridized carbons (Fsp3) is 0.0667. The number of nitrogens with zero attached hydrogens (tertiary/aromatic N) is 4. The van der Waals surface area contributed by atoms with Crippen LogP contribution >= 0.6 is 0 Å². The van der Waals surface area contributed by atoms with Gasteiger partial charge in [-0.1, -0.05) is 17.7 Å². The highest BCUT2D eigenvalue weighted by molar-refractivity contribution is 7.83. The molecule has 0 aliphatic rings. The molecule has 0 spiro atoms. The smallest absolute Gasteiger partial charge is 0.169 e. The number of aromatic nitrogens is 4. The van der Waals surface area contributed by atoms with Crippen molar-refractivity contribution in [3.8, 4) is 0 Å². The molecule has 0 N–H and O–H groups in total. The molecule has 1 unspecified atom stereocenters. The van der Waals surface area contributed by atoms with Crippen molar-refractivity contribution in [3.63, 3.8) is 0 Å². The molecule has 0 amide bonds. The van der Waals surface area contributed by atoms with Crippen molar-refractivity contribution in [2.75, 3.05) is 0 Å². The lowest BCUT2D eigenvalue weighted by Gasteiger charge is -2.05. The highest BCUT2D eigenvalue weighted by atomic mass is 32.2. The minimum Gasteiger partial charge on any atom is -0.295 e. The van der Waals surface area contributed by atoms with Gasteiger partial charge in [-0.25, -0.2) is 18.1 Å². The Morgan fingerprint density at radius 2 is 1.86 bits per heavy atom. The zero-order chi connectivity index (χ0) is 14.4. The van der Waals surface area contributed by atoms with E-state index in [1.54, 1.807) is 22.6 Å². The Morgan fingerprint density at radius 1 is 1.05 bits per heavy atom. The second-order valence-corrected chi connectivity index (χ2v) is 6.19. The summed E-state index contributed by atoms with van der Waals surface area (Å²) in [7, 11) is -1.31. The van der Waals surface area contributed by atoms with Crippen LogP contribution in [0.5, 0.6) is 0 Å². The standard InChI is InChI=1S/C15H12N4OS/c1-11-2-4-12(5-3-11)21(20)19-8-6-13-15(19)17-10-14-16-7-9-18(13)14/h2-10H,1H3. The predicted molar refractivity (Wildman–Crippen MR) is 81.5 cm³/mol. The van der Waals surface area contributed by atoms with Gasteiger partial charge in [-0.3, -0.25) is 4.40 Å². The quantitative estimate of drug-likeness (QED) is 0.571. The molecule has 5 nitrogen and oxygen atoms in total. The van der Waals surface area contributed by atoms with E-state index in [9.17, 15) is 4.21 Å². The maximum atomic E-state index is 12.7. The molecule has 3 aromatic heterocycles. The predicted octanol–water partition coefficient (Wildman–Crippen LogP) is 2.56. The van der Waals surface area contributed by atoms with E-state index in [1.807, 2.05) is 47.9 Å². The summed E-state index contributed by atoms with van der Waals surface area (Å²) in [4.78, 5) is 9.35. The molecule has 0 radical (unpaired) electrons. The molecule has 1 atom stereocenters. The number of aryl methyl sites for hydroxylation is 1. The van der Waals surface area contributed by atoms with Crippen molar-refractivity contribution in [3.05, 3.63) is 60.7 Å². The normalized spacial score (nSPS) is 13.0. The number of benzene rings is 1. The van der Waals surface area contributed by atoms with Gasteiger partial charge in [-0.15, -0.1) is 0 Å². The highest BCUT2D eigenvalue weighted by Crippen LogP contribution is 2.19. The van der Waals surface area contributed by atoms with Gasteiger partial charge in [0.05, 0.1) is 16.6 Å². The fourth-order valence-corrected chi connectivity index (χ4v) is 3.41. The fourth-order valence-electron chi connectivity index (χ4n) is 2.34. The Kier molecular flexibility index (Phi) is 2.65. The summed E-state index contributed by atoms with van der Waals surface area (Å²) in [5.74, 6) is 0. The van der Waals surface area contributed by atoms with Crippen LogP contribution in [-0.4, -0.2) is 22.5 Å². The second-order valence-electron chi connectivity index (χ2n) is 4.83. The zero-order valence-electron chi connectivity index (χ0n) is 11.3. The number of imidazole rings is 1. The molecular weight excluding hydrogens is 284 g/mol. The molecule has 1 aromatic carbocycles. The van der Waals surface area contributed by atoms with E-state index >= 15 is 0 Å². The van der Waals surface area contributed by atoms with Gasteiger partial charge < -0.3 is 0 Å². The summed E-state index contributed by atoms with van der Waals surface area (Å²) in [6, 6.07) is 9.59. The molecule has 104 valence electrons. The van der Waals surface area contributed by atoms with E-state index in [2.05, 4.69) is 9.97 Å². The molecule has 0 fully saturated rings. The van der Waals surface area contributed by atoms with Crippen LogP contribution in [0.2, 0.25) is 0 Å². The number of fused-ring (bicyclic) bond motifs is 3. The third-order valence-corrected chi connectivity index (χ3v) is 4.77. The van der Waals surface area contributed by atoms with E-state index in [0.717, 1.165) is 21.6 Å². The molecule has 6 heteroatoms. The van der Waals surface area contributed by atoms with Crippen LogP contribution in [0.25, 0.3) is 16.8 Å². The van der Waals surface area contributed by atoms with Crippen molar-refractivity contribution in [1.82, 2.24) is 18.3 Å². The summed E-state index contributed by atoms with van der Waals surface area (Å²) >= 11 is 0. The molecule has 0 bridgehead atoms. The van der Waals surface area contributed by atoms with Crippen LogP contribution in [0.4, 0.5) is 0 Å². The maximum absolute atomic E-state index is 12.7. The van der Waals surface area contributed by atoms with Crippen LogP contribution in [-0.2, 0) is 11.0 Å². The summed E-state index contributed by atoms with van der Waals surface area (Å²) in [6.07, 6.45) is 7.08. The first kappa shape index (κ1) is 12.3.